The molecule has 1 aromatic carbocycles. The highest BCUT2D eigenvalue weighted by molar-refractivity contribution is 7.10. The van der Waals surface area contributed by atoms with Gasteiger partial charge in [-0.1, -0.05) is 30.3 Å². The number of nitrogen functional groups attached to an aromatic ring is 1. The lowest BCUT2D eigenvalue weighted by Gasteiger charge is -2.12. The van der Waals surface area contributed by atoms with E-state index in [1.165, 1.54) is 48.8 Å². The summed E-state index contributed by atoms with van der Waals surface area (Å²) in [6.45, 7) is 4.14. The molecule has 8 nitrogen and oxygen atoms in total. The van der Waals surface area contributed by atoms with Gasteiger partial charge in [-0.25, -0.2) is 9.78 Å². The van der Waals surface area contributed by atoms with Gasteiger partial charge in [-0.05, 0) is 54.6 Å². The third-order valence-electron chi connectivity index (χ3n) is 6.20. The van der Waals surface area contributed by atoms with E-state index in [1.54, 1.807) is 10.9 Å². The standard InChI is InChI=1S/C16H18N4S.C11H10N2O2/c17-15-8-19-16-14(15)6-11(7-18-16)12-5-13(21-10-12)9-20-3-1-2-4-20;14-11(15)10-6-12-13(8-10)7-9-4-2-1-3-5-9/h5-8,10H,1-4,9,17H2,(H,18,19);1-6,8H,7H2,(H,14,15). The van der Waals surface area contributed by atoms with Gasteiger partial charge in [0.25, 0.3) is 0 Å². The third kappa shape index (κ3) is 5.64. The predicted molar refractivity (Wildman–Crippen MR) is 143 cm³/mol. The van der Waals surface area contributed by atoms with Crippen LogP contribution in [-0.4, -0.2) is 48.8 Å². The second-order valence-corrected chi connectivity index (χ2v) is 9.86. The van der Waals surface area contributed by atoms with Crippen LogP contribution in [0.5, 0.6) is 0 Å². The Bertz CT molecular complexity index is 1450. The molecular weight excluding hydrogens is 472 g/mol. The summed E-state index contributed by atoms with van der Waals surface area (Å²) >= 11 is 1.83. The van der Waals surface area contributed by atoms with Gasteiger partial charge in [-0.15, -0.1) is 11.3 Å². The van der Waals surface area contributed by atoms with Crippen LogP contribution in [-0.2, 0) is 13.1 Å². The van der Waals surface area contributed by atoms with Crippen molar-refractivity contribution in [3.05, 3.63) is 88.6 Å². The maximum Gasteiger partial charge on any atom is 0.338 e. The molecule has 1 aliphatic heterocycles. The van der Waals surface area contributed by atoms with E-state index in [1.807, 2.05) is 47.9 Å². The van der Waals surface area contributed by atoms with Gasteiger partial charge in [-0.2, -0.15) is 5.10 Å². The van der Waals surface area contributed by atoms with E-state index in [9.17, 15) is 4.79 Å². The Morgan fingerprint density at radius 2 is 1.89 bits per heavy atom. The number of likely N-dealkylation sites (tertiary alicyclic amines) is 1. The number of hydrogen-bond acceptors (Lipinski definition) is 6. The molecule has 5 heterocycles. The van der Waals surface area contributed by atoms with E-state index in [0.717, 1.165) is 34.4 Å². The van der Waals surface area contributed by atoms with Crippen molar-refractivity contribution in [2.45, 2.75) is 25.9 Å². The molecule has 0 aliphatic carbocycles. The van der Waals surface area contributed by atoms with E-state index in [2.05, 4.69) is 37.5 Å². The average Bonchev–Trinajstić information content (AvgIpc) is 3.69. The van der Waals surface area contributed by atoms with Crippen LogP contribution in [0.1, 0.15) is 33.6 Å². The van der Waals surface area contributed by atoms with Gasteiger partial charge in [0.1, 0.15) is 5.65 Å². The molecule has 0 spiro atoms. The molecule has 5 aromatic rings. The number of benzene rings is 1. The number of H-pyrrole nitrogens is 1. The zero-order valence-corrected chi connectivity index (χ0v) is 20.6. The Hall–Kier alpha value is -3.95. The molecule has 0 saturated carbocycles. The number of aromatic amines is 1. The van der Waals surface area contributed by atoms with Gasteiger partial charge in [0.15, 0.2) is 0 Å². The highest BCUT2D eigenvalue weighted by Crippen LogP contribution is 2.30. The lowest BCUT2D eigenvalue weighted by atomic mass is 10.1. The lowest BCUT2D eigenvalue weighted by molar-refractivity contribution is 0.0696. The number of nitrogens with one attached hydrogen (secondary N) is 1. The topological polar surface area (TPSA) is 113 Å². The van der Waals surface area contributed by atoms with E-state index in [-0.39, 0.29) is 5.56 Å². The molecule has 0 radical (unpaired) electrons. The first-order valence-electron chi connectivity index (χ1n) is 11.9. The van der Waals surface area contributed by atoms with Gasteiger partial charge in [0, 0.05) is 41.0 Å². The molecule has 9 heteroatoms. The maximum atomic E-state index is 10.6. The fraction of sp³-hybridized carbons (Fsp3) is 0.222. The number of aromatic carboxylic acids is 1. The van der Waals surface area contributed by atoms with Gasteiger partial charge < -0.3 is 15.8 Å². The molecule has 1 aliphatic rings. The fourth-order valence-corrected chi connectivity index (χ4v) is 5.22. The van der Waals surface area contributed by atoms with Crippen LogP contribution in [0.3, 0.4) is 0 Å². The van der Waals surface area contributed by atoms with Crippen molar-refractivity contribution in [2.24, 2.45) is 0 Å². The van der Waals surface area contributed by atoms with Crippen molar-refractivity contribution in [3.8, 4) is 11.1 Å². The first-order chi connectivity index (χ1) is 17.5. The minimum atomic E-state index is -0.950. The number of fused-ring (bicyclic) bond motifs is 1. The van der Waals surface area contributed by atoms with Crippen molar-refractivity contribution in [2.75, 3.05) is 18.8 Å². The molecule has 184 valence electrons. The van der Waals surface area contributed by atoms with Crippen molar-refractivity contribution in [3.63, 3.8) is 0 Å². The summed E-state index contributed by atoms with van der Waals surface area (Å²) in [6.07, 6.45) is 9.27. The maximum absolute atomic E-state index is 10.6. The van der Waals surface area contributed by atoms with E-state index in [0.29, 0.717) is 6.54 Å². The number of carboxylic acid groups (broad SMARTS) is 1. The van der Waals surface area contributed by atoms with Crippen molar-refractivity contribution in [1.82, 2.24) is 24.6 Å². The Morgan fingerprint density at radius 3 is 2.64 bits per heavy atom. The number of anilines is 1. The number of thiophene rings is 1. The Kier molecular flexibility index (Phi) is 7.11. The Balaban J connectivity index is 0.000000157. The second kappa shape index (κ2) is 10.8. The number of nitrogens with two attached hydrogens (primary N) is 1. The molecule has 1 saturated heterocycles. The molecule has 0 atom stereocenters. The van der Waals surface area contributed by atoms with Crippen LogP contribution in [0.25, 0.3) is 22.2 Å². The summed E-state index contributed by atoms with van der Waals surface area (Å²) in [7, 11) is 0. The Morgan fingerprint density at radius 1 is 1.08 bits per heavy atom. The fourth-order valence-electron chi connectivity index (χ4n) is 4.29. The van der Waals surface area contributed by atoms with Crippen molar-refractivity contribution < 1.29 is 9.90 Å². The van der Waals surface area contributed by atoms with Crippen molar-refractivity contribution in [1.29, 1.82) is 0 Å². The average molecular weight is 501 g/mol. The molecular formula is C27H28N6O2S. The van der Waals surface area contributed by atoms with E-state index in [4.69, 9.17) is 10.8 Å². The lowest BCUT2D eigenvalue weighted by Crippen LogP contribution is -2.17. The second-order valence-electron chi connectivity index (χ2n) is 8.87. The van der Waals surface area contributed by atoms with Crippen molar-refractivity contribution >= 4 is 34.0 Å². The van der Waals surface area contributed by atoms with Gasteiger partial charge in [0.05, 0.1) is 24.0 Å². The SMILES string of the molecule is Nc1c[nH]c2ncc(-c3csc(CN4CCCC4)c3)cc12.O=C(O)c1cnn(Cc2ccccc2)c1. The Labute approximate surface area is 213 Å². The molecule has 1 fully saturated rings. The monoisotopic (exact) mass is 500 g/mol. The van der Waals surface area contributed by atoms with Gasteiger partial charge >= 0.3 is 5.97 Å². The molecule has 6 rings (SSSR count). The number of carbonyl (C=O) groups is 1. The molecule has 0 amide bonds. The minimum absolute atomic E-state index is 0.214. The van der Waals surface area contributed by atoms with Crippen LogP contribution >= 0.6 is 11.3 Å². The highest BCUT2D eigenvalue weighted by atomic mass is 32.1. The number of pyridine rings is 1. The zero-order valence-electron chi connectivity index (χ0n) is 19.8. The quantitative estimate of drug-likeness (QED) is 0.299. The first-order valence-corrected chi connectivity index (χ1v) is 12.8. The smallest absolute Gasteiger partial charge is 0.338 e. The molecule has 4 aromatic heterocycles. The van der Waals surface area contributed by atoms with Crippen LogP contribution < -0.4 is 5.73 Å². The highest BCUT2D eigenvalue weighted by Gasteiger charge is 2.13. The minimum Gasteiger partial charge on any atom is -0.478 e. The number of nitrogens with zero attached hydrogens (tertiary/aromatic N) is 4. The number of aromatic nitrogens is 4. The molecule has 4 N–H and O–H groups in total. The summed E-state index contributed by atoms with van der Waals surface area (Å²) in [5.41, 5.74) is 11.3. The number of carboxylic acids is 1. The molecule has 0 bridgehead atoms. The summed E-state index contributed by atoms with van der Waals surface area (Å²) in [5, 5.41) is 15.9. The number of rotatable bonds is 6. The van der Waals surface area contributed by atoms with Crippen LogP contribution in [0, 0.1) is 0 Å². The van der Waals surface area contributed by atoms with Crippen LogP contribution in [0.2, 0.25) is 0 Å². The molecule has 0 unspecified atom stereocenters. The normalized spacial score (nSPS) is 13.6. The van der Waals surface area contributed by atoms with Gasteiger partial charge in [-0.3, -0.25) is 9.58 Å². The largest absolute Gasteiger partial charge is 0.478 e. The third-order valence-corrected chi connectivity index (χ3v) is 7.12. The van der Waals surface area contributed by atoms with E-state index >= 15 is 0 Å². The van der Waals surface area contributed by atoms with E-state index < -0.39 is 5.97 Å². The first kappa shape index (κ1) is 23.8. The van der Waals surface area contributed by atoms with Crippen LogP contribution in [0.15, 0.2) is 72.6 Å². The summed E-state index contributed by atoms with van der Waals surface area (Å²) in [5.74, 6) is -0.950. The summed E-state index contributed by atoms with van der Waals surface area (Å²) in [4.78, 5) is 22.1. The zero-order chi connectivity index (χ0) is 24.9. The molecule has 36 heavy (non-hydrogen) atoms. The van der Waals surface area contributed by atoms with Crippen LogP contribution in [0.4, 0.5) is 5.69 Å². The predicted octanol–water partition coefficient (Wildman–Crippen LogP) is 5.10. The number of hydrogen-bond donors (Lipinski definition) is 3. The summed E-state index contributed by atoms with van der Waals surface area (Å²) in [6, 6.07) is 14.2. The summed E-state index contributed by atoms with van der Waals surface area (Å²) < 4.78 is 1.61. The van der Waals surface area contributed by atoms with Gasteiger partial charge in [0.2, 0.25) is 0 Å².